The molecule has 0 aliphatic rings. The van der Waals surface area contributed by atoms with Gasteiger partial charge in [0.25, 0.3) is 0 Å². The third kappa shape index (κ3) is 2.31. The van der Waals surface area contributed by atoms with Gasteiger partial charge in [-0.2, -0.15) is 0 Å². The van der Waals surface area contributed by atoms with E-state index in [9.17, 15) is 0 Å². The minimum Gasteiger partial charge on any atom is -0.338 e. The Morgan fingerprint density at radius 1 is 1.21 bits per heavy atom. The number of H-pyrrole nitrogens is 1. The number of nitrogens with zero attached hydrogens (tertiary/aromatic N) is 4. The Morgan fingerprint density at radius 2 is 2.11 bits per heavy atom. The number of imidazole rings is 1. The Hall–Kier alpha value is -2.30. The van der Waals surface area contributed by atoms with Crippen LogP contribution in [0.3, 0.4) is 0 Å². The number of hydrogen-bond acceptors (Lipinski definition) is 2. The molecule has 0 fully saturated rings. The first-order valence-corrected chi connectivity index (χ1v) is 6.36. The van der Waals surface area contributed by atoms with E-state index in [2.05, 4.69) is 35.9 Å². The summed E-state index contributed by atoms with van der Waals surface area (Å²) in [7, 11) is 0. The fourth-order valence-electron chi connectivity index (χ4n) is 1.89. The van der Waals surface area contributed by atoms with Gasteiger partial charge in [-0.1, -0.05) is 39.2 Å². The summed E-state index contributed by atoms with van der Waals surface area (Å²) in [6, 6.07) is 13.2. The second kappa shape index (κ2) is 4.76. The lowest BCUT2D eigenvalue weighted by Crippen LogP contribution is -1.78. The summed E-state index contributed by atoms with van der Waals surface area (Å²) >= 11 is 3.43. The molecule has 19 heavy (non-hydrogen) atoms. The zero-order chi connectivity index (χ0) is 13.2. The highest BCUT2D eigenvalue weighted by Gasteiger charge is 2.05. The summed E-state index contributed by atoms with van der Waals surface area (Å²) in [5.41, 5.74) is 11.8. The molecule has 0 atom stereocenters. The molecule has 3 aromatic rings. The molecular formula is C13H8BrN5. The summed E-state index contributed by atoms with van der Waals surface area (Å²) in [4.78, 5) is 10.5. The van der Waals surface area contributed by atoms with Gasteiger partial charge in [0.2, 0.25) is 0 Å². The van der Waals surface area contributed by atoms with Crippen LogP contribution in [0.4, 0.5) is 5.69 Å². The Labute approximate surface area is 117 Å². The number of hydrogen-bond donors (Lipinski definition) is 1. The third-order valence-electron chi connectivity index (χ3n) is 2.72. The topological polar surface area (TPSA) is 77.4 Å². The van der Waals surface area contributed by atoms with Crippen molar-refractivity contribution in [1.29, 1.82) is 0 Å². The average Bonchev–Trinajstić information content (AvgIpc) is 2.82. The molecule has 0 saturated carbocycles. The largest absolute Gasteiger partial charge is 0.338 e. The lowest BCUT2D eigenvalue weighted by Gasteiger charge is -1.97. The smallest absolute Gasteiger partial charge is 0.138 e. The molecule has 0 amide bonds. The van der Waals surface area contributed by atoms with Gasteiger partial charge in [-0.25, -0.2) is 4.98 Å². The molecule has 1 heterocycles. The van der Waals surface area contributed by atoms with Gasteiger partial charge in [-0.05, 0) is 29.8 Å². The molecule has 1 aromatic heterocycles. The molecule has 0 spiro atoms. The second-order valence-corrected chi connectivity index (χ2v) is 4.90. The zero-order valence-corrected chi connectivity index (χ0v) is 11.3. The van der Waals surface area contributed by atoms with Gasteiger partial charge in [0.1, 0.15) is 5.82 Å². The van der Waals surface area contributed by atoms with Crippen LogP contribution in [0, 0.1) is 0 Å². The van der Waals surface area contributed by atoms with E-state index in [1.54, 1.807) is 12.1 Å². The van der Waals surface area contributed by atoms with E-state index in [0.717, 1.165) is 26.9 Å². The summed E-state index contributed by atoms with van der Waals surface area (Å²) in [5.74, 6) is 0.753. The number of rotatable bonds is 2. The maximum absolute atomic E-state index is 8.46. The van der Waals surface area contributed by atoms with Crippen LogP contribution in [0.1, 0.15) is 0 Å². The maximum Gasteiger partial charge on any atom is 0.138 e. The minimum absolute atomic E-state index is 0.571. The number of azide groups is 1. The molecule has 0 radical (unpaired) electrons. The van der Waals surface area contributed by atoms with Gasteiger partial charge in [0, 0.05) is 20.6 Å². The summed E-state index contributed by atoms with van der Waals surface area (Å²) in [5, 5.41) is 3.59. The van der Waals surface area contributed by atoms with Crippen LogP contribution in [0.15, 0.2) is 52.1 Å². The van der Waals surface area contributed by atoms with E-state index in [1.807, 2.05) is 30.3 Å². The molecule has 92 valence electrons. The van der Waals surface area contributed by atoms with Crippen LogP contribution in [-0.4, -0.2) is 9.97 Å². The van der Waals surface area contributed by atoms with Gasteiger partial charge in [0.15, 0.2) is 0 Å². The standard InChI is InChI=1S/C13H8BrN5/c14-9-4-5-11-12(7-9)17-13(16-11)8-2-1-3-10(6-8)18-19-15/h1-7H,(H,16,17). The Balaban J connectivity index is 2.13. The number of halogens is 1. The number of benzene rings is 2. The van der Waals surface area contributed by atoms with Crippen molar-refractivity contribution < 1.29 is 0 Å². The predicted octanol–water partition coefficient (Wildman–Crippen LogP) is 4.93. The van der Waals surface area contributed by atoms with E-state index in [1.165, 1.54) is 0 Å². The highest BCUT2D eigenvalue weighted by molar-refractivity contribution is 9.10. The normalized spacial score (nSPS) is 10.4. The van der Waals surface area contributed by atoms with Crippen molar-refractivity contribution in [3.8, 4) is 11.4 Å². The molecule has 6 heteroatoms. The maximum atomic E-state index is 8.46. The van der Waals surface area contributed by atoms with Gasteiger partial charge in [-0.3, -0.25) is 0 Å². The SMILES string of the molecule is [N-]=[N+]=Nc1cccc(-c2nc3ccc(Br)cc3[nH]2)c1. The van der Waals surface area contributed by atoms with E-state index < -0.39 is 0 Å². The Morgan fingerprint density at radius 3 is 2.95 bits per heavy atom. The molecule has 0 aliphatic heterocycles. The van der Waals surface area contributed by atoms with Crippen molar-refractivity contribution in [2.75, 3.05) is 0 Å². The monoisotopic (exact) mass is 313 g/mol. The molecule has 0 bridgehead atoms. The van der Waals surface area contributed by atoms with E-state index in [-0.39, 0.29) is 0 Å². The van der Waals surface area contributed by atoms with Gasteiger partial charge >= 0.3 is 0 Å². The zero-order valence-electron chi connectivity index (χ0n) is 9.71. The molecule has 1 N–H and O–H groups in total. The molecule has 0 aliphatic carbocycles. The molecule has 3 rings (SSSR count). The summed E-state index contributed by atoms with van der Waals surface area (Å²) < 4.78 is 0.998. The van der Waals surface area contributed by atoms with Gasteiger partial charge in [0.05, 0.1) is 11.0 Å². The van der Waals surface area contributed by atoms with E-state index in [4.69, 9.17) is 5.53 Å². The third-order valence-corrected chi connectivity index (χ3v) is 3.22. The second-order valence-electron chi connectivity index (χ2n) is 3.99. The average molecular weight is 314 g/mol. The van der Waals surface area contributed by atoms with Crippen molar-refractivity contribution in [2.24, 2.45) is 5.11 Å². The van der Waals surface area contributed by atoms with Crippen LogP contribution >= 0.6 is 15.9 Å². The molecule has 5 nitrogen and oxygen atoms in total. The fourth-order valence-corrected chi connectivity index (χ4v) is 2.25. The minimum atomic E-state index is 0.571. The van der Waals surface area contributed by atoms with Crippen LogP contribution in [-0.2, 0) is 0 Å². The van der Waals surface area contributed by atoms with Crippen LogP contribution in [0.5, 0.6) is 0 Å². The van der Waals surface area contributed by atoms with Gasteiger partial charge < -0.3 is 4.98 Å². The first-order chi connectivity index (χ1) is 9.26. The van der Waals surface area contributed by atoms with Crippen LogP contribution < -0.4 is 0 Å². The Bertz CT molecular complexity index is 802. The Kier molecular flexibility index (Phi) is 2.95. The van der Waals surface area contributed by atoms with Crippen LogP contribution in [0.2, 0.25) is 0 Å². The fraction of sp³-hybridized carbons (Fsp3) is 0. The van der Waals surface area contributed by atoms with E-state index >= 15 is 0 Å². The summed E-state index contributed by atoms with van der Waals surface area (Å²) in [6.07, 6.45) is 0. The lowest BCUT2D eigenvalue weighted by atomic mass is 10.2. The predicted molar refractivity (Wildman–Crippen MR) is 78.0 cm³/mol. The highest BCUT2D eigenvalue weighted by Crippen LogP contribution is 2.25. The molecule has 0 saturated heterocycles. The first-order valence-electron chi connectivity index (χ1n) is 5.57. The van der Waals surface area contributed by atoms with Gasteiger partial charge in [-0.15, -0.1) is 0 Å². The summed E-state index contributed by atoms with van der Waals surface area (Å²) in [6.45, 7) is 0. The first kappa shape index (κ1) is 11.8. The van der Waals surface area contributed by atoms with Crippen molar-refractivity contribution >= 4 is 32.7 Å². The van der Waals surface area contributed by atoms with E-state index in [0.29, 0.717) is 5.69 Å². The van der Waals surface area contributed by atoms with Crippen molar-refractivity contribution in [3.63, 3.8) is 0 Å². The van der Waals surface area contributed by atoms with Crippen LogP contribution in [0.25, 0.3) is 32.9 Å². The number of aromatic nitrogens is 2. The lowest BCUT2D eigenvalue weighted by molar-refractivity contribution is 1.33. The number of nitrogens with one attached hydrogen (secondary N) is 1. The quantitative estimate of drug-likeness (QED) is 0.406. The molecular weight excluding hydrogens is 306 g/mol. The molecule has 2 aromatic carbocycles. The number of aromatic amines is 1. The molecule has 0 unspecified atom stereocenters. The number of fused-ring (bicyclic) bond motifs is 1. The highest BCUT2D eigenvalue weighted by atomic mass is 79.9. The van der Waals surface area contributed by atoms with Crippen molar-refractivity contribution in [3.05, 3.63) is 57.4 Å². The van der Waals surface area contributed by atoms with Crippen molar-refractivity contribution in [1.82, 2.24) is 9.97 Å². The van der Waals surface area contributed by atoms with Crippen molar-refractivity contribution in [2.45, 2.75) is 0 Å².